The largest absolute Gasteiger partial charge is 0.583 e. The molecule has 1 saturated heterocycles. The molecule has 0 aliphatic carbocycles. The Kier molecular flexibility index (Phi) is 5.84. The molecule has 4 rings (SSSR count). The summed E-state index contributed by atoms with van der Waals surface area (Å²) in [6, 6.07) is 2.33. The van der Waals surface area contributed by atoms with Crippen molar-refractivity contribution in [1.29, 1.82) is 0 Å². The van der Waals surface area contributed by atoms with Crippen molar-refractivity contribution in [3.05, 3.63) is 40.7 Å². The van der Waals surface area contributed by atoms with E-state index in [1.54, 1.807) is 12.1 Å². The van der Waals surface area contributed by atoms with E-state index in [0.29, 0.717) is 17.7 Å². The van der Waals surface area contributed by atoms with Gasteiger partial charge in [-0.1, -0.05) is 25.5 Å². The molecule has 5 N–H and O–H groups in total. The SMILES string of the molecule is C.NC(C(=O)N1CC(Oc2ccc3c(c2C(=O)[O-])C[B-](O)(O)CC3)C1)c1cn[nH]n1. The molecule has 0 bridgehead atoms. The fraction of sp³-hybridized carbons (Fsp3) is 0.444. The lowest BCUT2D eigenvalue weighted by Crippen LogP contribution is -2.58. The summed E-state index contributed by atoms with van der Waals surface area (Å²) in [5.41, 5.74) is 7.10. The van der Waals surface area contributed by atoms with Crippen molar-refractivity contribution in [1.82, 2.24) is 20.3 Å². The maximum atomic E-state index is 12.4. The van der Waals surface area contributed by atoms with Gasteiger partial charge in [0.05, 0.1) is 25.3 Å². The maximum absolute atomic E-state index is 12.4. The Balaban J connectivity index is 0.00000256. The van der Waals surface area contributed by atoms with Gasteiger partial charge in [-0.15, -0.1) is 12.6 Å². The van der Waals surface area contributed by atoms with Crippen LogP contribution < -0.4 is 15.6 Å². The van der Waals surface area contributed by atoms with Gasteiger partial charge < -0.3 is 35.3 Å². The molecule has 1 aromatic carbocycles. The number of hydrogen-bond donors (Lipinski definition) is 4. The average Bonchev–Trinajstić information content (AvgIpc) is 3.16. The fourth-order valence-electron chi connectivity index (χ4n) is 3.83. The zero-order valence-electron chi connectivity index (χ0n) is 15.4. The minimum atomic E-state index is -2.64. The maximum Gasteiger partial charge on any atom is 0.246 e. The quantitative estimate of drug-likeness (QED) is 0.407. The van der Waals surface area contributed by atoms with Gasteiger partial charge >= 0.3 is 0 Å². The van der Waals surface area contributed by atoms with Crippen molar-refractivity contribution >= 4 is 18.4 Å². The van der Waals surface area contributed by atoms with Gasteiger partial charge in [0.25, 0.3) is 0 Å². The van der Waals surface area contributed by atoms with Crippen molar-refractivity contribution in [3.8, 4) is 5.75 Å². The number of aromatic carboxylic acids is 1. The highest BCUT2D eigenvalue weighted by Gasteiger charge is 2.37. The van der Waals surface area contributed by atoms with Crippen LogP contribution in [-0.2, 0) is 17.5 Å². The Morgan fingerprint density at radius 3 is 2.73 bits per heavy atom. The van der Waals surface area contributed by atoms with E-state index in [1.807, 2.05) is 0 Å². The Hall–Kier alpha value is -2.96. The molecule has 3 heterocycles. The van der Waals surface area contributed by atoms with Gasteiger partial charge in [-0.05, 0) is 11.6 Å². The average molecular weight is 417 g/mol. The molecule has 12 heteroatoms. The summed E-state index contributed by atoms with van der Waals surface area (Å²) in [4.78, 5) is 25.6. The number of ether oxygens (including phenoxy) is 1. The van der Waals surface area contributed by atoms with Crippen molar-refractivity contribution in [2.45, 2.75) is 38.6 Å². The molecule has 1 aromatic heterocycles. The van der Waals surface area contributed by atoms with Crippen LogP contribution in [0.4, 0.5) is 0 Å². The number of nitrogens with zero attached hydrogens (tertiary/aromatic N) is 3. The molecular weight excluding hydrogens is 393 g/mol. The van der Waals surface area contributed by atoms with Crippen molar-refractivity contribution < 1.29 is 29.5 Å². The number of aromatic amines is 1. The zero-order chi connectivity index (χ0) is 20.8. The van der Waals surface area contributed by atoms with E-state index in [1.165, 1.54) is 11.1 Å². The summed E-state index contributed by atoms with van der Waals surface area (Å²) in [5, 5.41) is 41.5. The van der Waals surface area contributed by atoms with Crippen LogP contribution >= 0.6 is 0 Å². The highest BCUT2D eigenvalue weighted by Crippen LogP contribution is 2.34. The molecule has 2 aromatic rings. The second-order valence-electron chi connectivity index (χ2n) is 7.60. The lowest BCUT2D eigenvalue weighted by atomic mass is 9.47. The predicted octanol–water partition coefficient (Wildman–Crippen LogP) is -1.84. The fourth-order valence-corrected chi connectivity index (χ4v) is 3.83. The number of carboxylic acids is 1. The number of H-pyrrole nitrogens is 1. The minimum Gasteiger partial charge on any atom is -0.583 e. The molecule has 2 aliphatic heterocycles. The highest BCUT2D eigenvalue weighted by molar-refractivity contribution is 6.64. The second kappa shape index (κ2) is 8.05. The first kappa shape index (κ1) is 21.7. The number of carboxylic acid groups (broad SMARTS) is 1. The van der Waals surface area contributed by atoms with Crippen molar-refractivity contribution in [2.24, 2.45) is 5.73 Å². The molecule has 1 fully saturated rings. The molecule has 2 aliphatic rings. The number of rotatable bonds is 5. The van der Waals surface area contributed by atoms with Crippen molar-refractivity contribution in [2.75, 3.05) is 13.1 Å². The summed E-state index contributed by atoms with van der Waals surface area (Å²) in [5.74, 6) is -1.68. The number of carbonyl (C=O) groups is 2. The number of carbonyl (C=O) groups excluding carboxylic acids is 2. The van der Waals surface area contributed by atoms with Crippen LogP contribution in [-0.4, -0.2) is 68.0 Å². The Labute approximate surface area is 172 Å². The van der Waals surface area contributed by atoms with E-state index in [4.69, 9.17) is 10.5 Å². The molecule has 1 atom stereocenters. The molecule has 0 saturated carbocycles. The van der Waals surface area contributed by atoms with Gasteiger partial charge in [-0.3, -0.25) is 4.79 Å². The predicted molar refractivity (Wildman–Crippen MR) is 104 cm³/mol. The first-order valence-corrected chi connectivity index (χ1v) is 9.30. The van der Waals surface area contributed by atoms with Gasteiger partial charge in [0.2, 0.25) is 12.5 Å². The molecule has 30 heavy (non-hydrogen) atoms. The molecule has 0 radical (unpaired) electrons. The van der Waals surface area contributed by atoms with E-state index >= 15 is 0 Å². The molecular formula is C18H24BN5O6-2. The smallest absolute Gasteiger partial charge is 0.246 e. The topological polar surface area (TPSA) is 178 Å². The molecule has 1 amide bonds. The monoisotopic (exact) mass is 417 g/mol. The highest BCUT2D eigenvalue weighted by atomic mass is 16.5. The first-order valence-electron chi connectivity index (χ1n) is 9.30. The van der Waals surface area contributed by atoms with E-state index in [-0.39, 0.29) is 50.4 Å². The number of fused-ring (bicyclic) bond motifs is 1. The lowest BCUT2D eigenvalue weighted by molar-refractivity contribution is -0.255. The first-order chi connectivity index (χ1) is 13.7. The third-order valence-corrected chi connectivity index (χ3v) is 5.45. The van der Waals surface area contributed by atoms with Crippen molar-refractivity contribution in [3.63, 3.8) is 0 Å². The van der Waals surface area contributed by atoms with Crippen LogP contribution in [0.15, 0.2) is 18.3 Å². The molecule has 162 valence electrons. The van der Waals surface area contributed by atoms with Gasteiger partial charge in [0.15, 0.2) is 0 Å². The number of hydrogen-bond acceptors (Lipinski definition) is 9. The second-order valence-corrected chi connectivity index (χ2v) is 7.60. The van der Waals surface area contributed by atoms with Crippen LogP contribution in [0.5, 0.6) is 5.75 Å². The standard InChI is InChI=1S/C17H21BN5O6.CH4/c19-15(12-6-20-22-21-12)16(24)23-7-10(8-23)29-13-2-1-9-3-4-18(27,28)5-11(9)14(13)17(25)26;/h1-2,6,10,15,27-28H,3-5,7-8,19H2,(H,25,26)(H,20,21,22);1H4/q-1;/p-1. The number of aryl methyl sites for hydroxylation is 1. The summed E-state index contributed by atoms with van der Waals surface area (Å²) in [6.45, 7) is -2.17. The van der Waals surface area contributed by atoms with Crippen LogP contribution in [0.25, 0.3) is 0 Å². The number of nitrogens with one attached hydrogen (secondary N) is 1. The third-order valence-electron chi connectivity index (χ3n) is 5.45. The van der Waals surface area contributed by atoms with E-state index in [9.17, 15) is 24.7 Å². The Morgan fingerprint density at radius 1 is 1.37 bits per heavy atom. The summed E-state index contributed by atoms with van der Waals surface area (Å²) in [6.07, 6.45) is 1.36. The van der Waals surface area contributed by atoms with Crippen LogP contribution in [0.3, 0.4) is 0 Å². The minimum absolute atomic E-state index is 0. The normalized spacial score (nSPS) is 18.6. The zero-order valence-corrected chi connectivity index (χ0v) is 15.4. The number of nitrogens with two attached hydrogens (primary N) is 1. The summed E-state index contributed by atoms with van der Waals surface area (Å²) < 4.78 is 5.78. The molecule has 0 spiro atoms. The van der Waals surface area contributed by atoms with Crippen LogP contribution in [0.1, 0.15) is 40.6 Å². The Morgan fingerprint density at radius 2 is 2.10 bits per heavy atom. The Bertz CT molecular complexity index is 945. The van der Waals surface area contributed by atoms with E-state index in [0.717, 1.165) is 5.56 Å². The lowest BCUT2D eigenvalue weighted by Gasteiger charge is -2.41. The van der Waals surface area contributed by atoms with Gasteiger partial charge in [-0.2, -0.15) is 15.4 Å². The van der Waals surface area contributed by atoms with Gasteiger partial charge in [0.1, 0.15) is 23.6 Å². The number of benzene rings is 1. The third kappa shape index (κ3) is 4.02. The van der Waals surface area contributed by atoms with Gasteiger partial charge in [0, 0.05) is 5.56 Å². The van der Waals surface area contributed by atoms with Gasteiger partial charge in [-0.25, -0.2) is 0 Å². The van der Waals surface area contributed by atoms with E-state index < -0.39 is 24.7 Å². The number of likely N-dealkylation sites (tertiary alicyclic amines) is 1. The molecule has 1 unspecified atom stereocenters. The molecule has 11 nitrogen and oxygen atoms in total. The summed E-state index contributed by atoms with van der Waals surface area (Å²) >= 11 is 0. The number of amides is 1. The van der Waals surface area contributed by atoms with E-state index in [2.05, 4.69) is 15.4 Å². The summed E-state index contributed by atoms with van der Waals surface area (Å²) in [7, 11) is 0. The number of aromatic nitrogens is 3. The van der Waals surface area contributed by atoms with Crippen LogP contribution in [0, 0.1) is 0 Å². The van der Waals surface area contributed by atoms with Crippen LogP contribution in [0.2, 0.25) is 6.32 Å².